The van der Waals surface area contributed by atoms with E-state index in [1.807, 2.05) is 47.6 Å². The van der Waals surface area contributed by atoms with Crippen molar-refractivity contribution in [1.29, 1.82) is 0 Å². The zero-order valence-electron chi connectivity index (χ0n) is 21.2. The van der Waals surface area contributed by atoms with Gasteiger partial charge in [-0.25, -0.2) is 19.1 Å². The van der Waals surface area contributed by atoms with Gasteiger partial charge >= 0.3 is 12.2 Å². The summed E-state index contributed by atoms with van der Waals surface area (Å²) in [7, 11) is 0. The molecule has 1 amide bonds. The molecule has 0 atom stereocenters. The second kappa shape index (κ2) is 8.88. The molecule has 1 aliphatic heterocycles. The van der Waals surface area contributed by atoms with Crippen molar-refractivity contribution in [3.05, 3.63) is 23.5 Å². The maximum atomic E-state index is 12.2. The number of alkyl carbamates (subject to hydrolysis) is 1. The van der Waals surface area contributed by atoms with Gasteiger partial charge in [-0.1, -0.05) is 34.6 Å². The number of piperidine rings is 1. The maximum absolute atomic E-state index is 12.2. The molecule has 0 spiro atoms. The summed E-state index contributed by atoms with van der Waals surface area (Å²) in [6.45, 7) is 17.4. The Balaban J connectivity index is 1.87. The average Bonchev–Trinajstić information content (AvgIpc) is 3.02. The maximum Gasteiger partial charge on any atom is 0.416 e. The summed E-state index contributed by atoms with van der Waals surface area (Å²) in [6, 6.07) is 2.09. The van der Waals surface area contributed by atoms with E-state index < -0.39 is 11.7 Å². The molecule has 1 fully saturated rings. The third kappa shape index (κ3) is 5.42. The number of anilines is 1. The van der Waals surface area contributed by atoms with Crippen molar-refractivity contribution >= 4 is 28.9 Å². The predicted molar refractivity (Wildman–Crippen MR) is 131 cm³/mol. The third-order valence-electron chi connectivity index (χ3n) is 5.90. The van der Waals surface area contributed by atoms with Crippen LogP contribution in [0.1, 0.15) is 85.4 Å². The first-order valence-corrected chi connectivity index (χ1v) is 11.7. The van der Waals surface area contributed by atoms with Gasteiger partial charge in [-0.2, -0.15) is 0 Å². The largest absolute Gasteiger partial charge is 0.464 e. The molecule has 3 heterocycles. The summed E-state index contributed by atoms with van der Waals surface area (Å²) in [6.07, 6.45) is 1.90. The number of carboxylic acid groups (broad SMARTS) is 1. The Labute approximate surface area is 196 Å². The fraction of sp³-hybridized carbons (Fsp3) is 0.640. The highest BCUT2D eigenvalue weighted by Crippen LogP contribution is 2.39. The second-order valence-corrected chi connectivity index (χ2v) is 11.3. The molecule has 0 bridgehead atoms. The Morgan fingerprint density at radius 2 is 1.76 bits per heavy atom. The van der Waals surface area contributed by atoms with Crippen molar-refractivity contribution in [1.82, 2.24) is 14.9 Å². The highest BCUT2D eigenvalue weighted by molar-refractivity contribution is 5.94. The number of nitrogens with one attached hydrogen (secondary N) is 1. The van der Waals surface area contributed by atoms with E-state index >= 15 is 0 Å². The lowest BCUT2D eigenvalue weighted by molar-refractivity contribution is 0.0497. The Morgan fingerprint density at radius 1 is 1.15 bits per heavy atom. The van der Waals surface area contributed by atoms with E-state index in [1.165, 1.54) is 4.57 Å². The molecule has 0 aromatic carbocycles. The Bertz CT molecular complexity index is 1040. The van der Waals surface area contributed by atoms with Crippen LogP contribution in [0.25, 0.3) is 10.9 Å². The molecule has 2 aromatic rings. The molecule has 0 saturated carbocycles. The zero-order chi connectivity index (χ0) is 24.7. The van der Waals surface area contributed by atoms with Gasteiger partial charge in [0.2, 0.25) is 0 Å². The van der Waals surface area contributed by atoms with Gasteiger partial charge in [0.15, 0.2) is 0 Å². The Hall–Kier alpha value is -2.77. The molecule has 0 radical (unpaired) electrons. The van der Waals surface area contributed by atoms with Gasteiger partial charge in [0.05, 0.1) is 11.7 Å². The number of amides is 1. The number of carbonyl (C=O) groups is 2. The van der Waals surface area contributed by atoms with Crippen LogP contribution in [0.4, 0.5) is 15.4 Å². The topological polar surface area (TPSA) is 96.7 Å². The summed E-state index contributed by atoms with van der Waals surface area (Å²) >= 11 is 0. The number of ether oxygens (including phenoxy) is 1. The van der Waals surface area contributed by atoms with Crippen molar-refractivity contribution in [2.75, 3.05) is 18.0 Å². The van der Waals surface area contributed by atoms with Crippen molar-refractivity contribution < 1.29 is 19.4 Å². The van der Waals surface area contributed by atoms with Gasteiger partial charge in [-0.05, 0) is 51.2 Å². The third-order valence-corrected chi connectivity index (χ3v) is 5.90. The van der Waals surface area contributed by atoms with E-state index in [9.17, 15) is 14.7 Å². The molecule has 0 aliphatic carbocycles. The lowest BCUT2D eigenvalue weighted by Gasteiger charge is -2.33. The van der Waals surface area contributed by atoms with Gasteiger partial charge in [0.25, 0.3) is 0 Å². The standard InChI is InChI=1S/C25H38N4O4/c1-15(2)20-17-13-19(26-14-18(17)29(23(31)32)21(20)24(3,4)5)28-11-9-16(10-12-28)27-22(30)33-25(6,7)8/h13-16H,9-12H2,1-8H3,(H,27,30)(H,31,32). The van der Waals surface area contributed by atoms with E-state index in [2.05, 4.69) is 29.0 Å². The zero-order valence-corrected chi connectivity index (χ0v) is 21.2. The SMILES string of the molecule is CC(C)c1c(C(C)(C)C)n(C(=O)O)c2cnc(N3CCC(NC(=O)OC(C)(C)C)CC3)cc12. The first-order valence-electron chi connectivity index (χ1n) is 11.7. The van der Waals surface area contributed by atoms with Crippen LogP contribution in [0.3, 0.4) is 0 Å². The summed E-state index contributed by atoms with van der Waals surface area (Å²) in [5.41, 5.74) is 1.66. The molecule has 8 nitrogen and oxygen atoms in total. The van der Waals surface area contributed by atoms with E-state index in [0.29, 0.717) is 5.52 Å². The quantitative estimate of drug-likeness (QED) is 0.632. The smallest absolute Gasteiger partial charge is 0.416 e. The van der Waals surface area contributed by atoms with Crippen LogP contribution in [0.15, 0.2) is 12.3 Å². The van der Waals surface area contributed by atoms with Crippen molar-refractivity contribution in [2.45, 2.75) is 91.2 Å². The first-order chi connectivity index (χ1) is 15.2. The van der Waals surface area contributed by atoms with Crippen molar-refractivity contribution in [3.8, 4) is 0 Å². The number of fused-ring (bicyclic) bond motifs is 1. The number of carbonyl (C=O) groups excluding carboxylic acids is 1. The fourth-order valence-corrected chi connectivity index (χ4v) is 4.62. The highest BCUT2D eigenvalue weighted by atomic mass is 16.6. The van der Waals surface area contributed by atoms with Gasteiger partial charge in [-0.15, -0.1) is 0 Å². The molecule has 8 heteroatoms. The summed E-state index contributed by atoms with van der Waals surface area (Å²) in [4.78, 5) is 31.1. The van der Waals surface area contributed by atoms with Crippen molar-refractivity contribution in [3.63, 3.8) is 0 Å². The minimum Gasteiger partial charge on any atom is -0.464 e. The number of aromatic nitrogens is 2. The number of pyridine rings is 1. The monoisotopic (exact) mass is 458 g/mol. The number of rotatable bonds is 3. The normalized spacial score (nSPS) is 15.8. The van der Waals surface area contributed by atoms with Crippen LogP contribution in [0.5, 0.6) is 0 Å². The van der Waals surface area contributed by atoms with Crippen LogP contribution in [0.2, 0.25) is 0 Å². The lowest BCUT2D eigenvalue weighted by Crippen LogP contribution is -2.46. The molecule has 33 heavy (non-hydrogen) atoms. The van der Waals surface area contributed by atoms with Crippen LogP contribution in [-0.4, -0.2) is 51.6 Å². The van der Waals surface area contributed by atoms with E-state index in [4.69, 9.17) is 4.74 Å². The summed E-state index contributed by atoms with van der Waals surface area (Å²) in [5, 5.41) is 13.9. The summed E-state index contributed by atoms with van der Waals surface area (Å²) in [5.74, 6) is 1.00. The summed E-state index contributed by atoms with van der Waals surface area (Å²) < 4.78 is 6.77. The molecule has 3 rings (SSSR count). The lowest BCUT2D eigenvalue weighted by atomic mass is 9.85. The first kappa shape index (κ1) is 24.9. The molecule has 0 unspecified atom stereocenters. The van der Waals surface area contributed by atoms with E-state index in [-0.39, 0.29) is 23.5 Å². The molecular formula is C25H38N4O4. The molecule has 2 N–H and O–H groups in total. The van der Waals surface area contributed by atoms with Crippen LogP contribution < -0.4 is 10.2 Å². The van der Waals surface area contributed by atoms with Gasteiger partial charge in [-0.3, -0.25) is 0 Å². The second-order valence-electron chi connectivity index (χ2n) is 11.3. The van der Waals surface area contributed by atoms with Gasteiger partial charge in [0.1, 0.15) is 11.4 Å². The fourth-order valence-electron chi connectivity index (χ4n) is 4.62. The van der Waals surface area contributed by atoms with Gasteiger partial charge in [0, 0.05) is 35.6 Å². The molecule has 2 aromatic heterocycles. The predicted octanol–water partition coefficient (Wildman–Crippen LogP) is 5.48. The van der Waals surface area contributed by atoms with E-state index in [0.717, 1.165) is 48.4 Å². The number of nitrogens with zero attached hydrogens (tertiary/aromatic N) is 3. The minimum absolute atomic E-state index is 0.0617. The van der Waals surface area contributed by atoms with Crippen LogP contribution in [-0.2, 0) is 10.2 Å². The molecule has 1 aliphatic rings. The molecule has 1 saturated heterocycles. The van der Waals surface area contributed by atoms with E-state index in [1.54, 1.807) is 6.20 Å². The van der Waals surface area contributed by atoms with Crippen LogP contribution >= 0.6 is 0 Å². The average molecular weight is 459 g/mol. The minimum atomic E-state index is -0.986. The highest BCUT2D eigenvalue weighted by Gasteiger charge is 2.31. The number of hydrogen-bond donors (Lipinski definition) is 2. The Kier molecular flexibility index (Phi) is 6.69. The van der Waals surface area contributed by atoms with Crippen LogP contribution in [0, 0.1) is 0 Å². The molecular weight excluding hydrogens is 420 g/mol. The van der Waals surface area contributed by atoms with Gasteiger partial charge < -0.3 is 20.1 Å². The Morgan fingerprint density at radius 3 is 2.24 bits per heavy atom. The number of hydrogen-bond acceptors (Lipinski definition) is 5. The van der Waals surface area contributed by atoms with Crippen molar-refractivity contribution in [2.24, 2.45) is 0 Å². The molecule has 182 valence electrons.